The summed E-state index contributed by atoms with van der Waals surface area (Å²) in [6, 6.07) is 2.71. The summed E-state index contributed by atoms with van der Waals surface area (Å²) in [6.07, 6.45) is -4.53. The van der Waals surface area contributed by atoms with E-state index in [1.807, 2.05) is 0 Å². The molecule has 1 fully saturated rings. The van der Waals surface area contributed by atoms with Crippen LogP contribution in [0.1, 0.15) is 17.5 Å². The van der Waals surface area contributed by atoms with Crippen LogP contribution in [0.3, 0.4) is 0 Å². The number of carbonyl (C=O) groups is 1. The summed E-state index contributed by atoms with van der Waals surface area (Å²) in [6.45, 7) is 2.21. The van der Waals surface area contributed by atoms with E-state index in [2.05, 4.69) is 5.32 Å². The summed E-state index contributed by atoms with van der Waals surface area (Å²) in [5, 5.41) is 11.8. The molecule has 0 spiro atoms. The van der Waals surface area contributed by atoms with Gasteiger partial charge in [0.2, 0.25) is 0 Å². The fourth-order valence-electron chi connectivity index (χ4n) is 2.05. The van der Waals surface area contributed by atoms with Crippen LogP contribution in [0.5, 0.6) is 0 Å². The van der Waals surface area contributed by atoms with Gasteiger partial charge in [-0.15, -0.1) is 0 Å². The molecule has 0 aromatic heterocycles. The molecule has 1 aliphatic heterocycles. The van der Waals surface area contributed by atoms with Crippen molar-refractivity contribution in [3.63, 3.8) is 0 Å². The number of rotatable bonds is 1. The second-order valence-electron chi connectivity index (χ2n) is 4.85. The number of hydrogen-bond acceptors (Lipinski definition) is 2. The van der Waals surface area contributed by atoms with Gasteiger partial charge in [-0.05, 0) is 31.0 Å². The van der Waals surface area contributed by atoms with Crippen LogP contribution in [-0.4, -0.2) is 35.2 Å². The van der Waals surface area contributed by atoms with Crippen molar-refractivity contribution in [1.82, 2.24) is 4.90 Å². The highest BCUT2D eigenvalue weighted by Crippen LogP contribution is 2.32. The molecular weight excluding hydrogens is 273 g/mol. The number of carbonyl (C=O) groups excluding carboxylic acids is 1. The fraction of sp³-hybridized carbons (Fsp3) is 0.462. The highest BCUT2D eigenvalue weighted by Gasteiger charge is 2.31. The molecule has 1 aliphatic rings. The molecule has 110 valence electrons. The van der Waals surface area contributed by atoms with Gasteiger partial charge in [0.1, 0.15) is 0 Å². The van der Waals surface area contributed by atoms with Crippen molar-refractivity contribution in [2.75, 3.05) is 18.4 Å². The lowest BCUT2D eigenvalue weighted by atomic mass is 10.1. The first-order valence-corrected chi connectivity index (χ1v) is 6.19. The lowest BCUT2D eigenvalue weighted by Crippen LogP contribution is -2.33. The lowest BCUT2D eigenvalue weighted by Gasteiger charge is -2.18. The molecule has 0 aliphatic carbocycles. The number of alkyl halides is 3. The van der Waals surface area contributed by atoms with Gasteiger partial charge in [0.25, 0.3) is 0 Å². The van der Waals surface area contributed by atoms with E-state index in [0.29, 0.717) is 18.5 Å². The number of benzene rings is 1. The number of nitrogens with one attached hydrogen (secondary N) is 1. The molecule has 7 heteroatoms. The van der Waals surface area contributed by atoms with Gasteiger partial charge in [0.15, 0.2) is 0 Å². The molecule has 2 N–H and O–H groups in total. The van der Waals surface area contributed by atoms with E-state index >= 15 is 0 Å². The van der Waals surface area contributed by atoms with E-state index in [9.17, 15) is 23.1 Å². The summed E-state index contributed by atoms with van der Waals surface area (Å²) in [7, 11) is 0. The fourth-order valence-corrected chi connectivity index (χ4v) is 2.05. The number of aryl methyl sites for hydroxylation is 1. The van der Waals surface area contributed by atoms with Crippen molar-refractivity contribution in [3.8, 4) is 0 Å². The van der Waals surface area contributed by atoms with E-state index < -0.39 is 23.9 Å². The minimum atomic E-state index is -4.45. The summed E-state index contributed by atoms with van der Waals surface area (Å²) < 4.78 is 37.9. The molecule has 4 nitrogen and oxygen atoms in total. The van der Waals surface area contributed by atoms with Crippen LogP contribution in [0, 0.1) is 6.92 Å². The van der Waals surface area contributed by atoms with Gasteiger partial charge in [-0.1, -0.05) is 6.07 Å². The normalized spacial score (nSPS) is 19.2. The van der Waals surface area contributed by atoms with E-state index in [0.717, 1.165) is 12.1 Å². The third kappa shape index (κ3) is 3.22. The van der Waals surface area contributed by atoms with Crippen LogP contribution in [0.2, 0.25) is 0 Å². The third-order valence-electron chi connectivity index (χ3n) is 3.26. The summed E-state index contributed by atoms with van der Waals surface area (Å²) in [4.78, 5) is 13.3. The minimum absolute atomic E-state index is 0.131. The van der Waals surface area contributed by atoms with E-state index in [4.69, 9.17) is 0 Å². The highest BCUT2D eigenvalue weighted by molar-refractivity contribution is 5.90. The van der Waals surface area contributed by atoms with Crippen molar-refractivity contribution < 1.29 is 23.1 Å². The second kappa shape index (κ2) is 5.32. The maximum atomic E-state index is 12.6. The zero-order valence-electron chi connectivity index (χ0n) is 10.9. The number of aliphatic hydroxyl groups excluding tert-OH is 1. The molecular formula is C13H15F3N2O2. The summed E-state index contributed by atoms with van der Waals surface area (Å²) >= 11 is 0. The maximum Gasteiger partial charge on any atom is 0.416 e. The van der Waals surface area contributed by atoms with Gasteiger partial charge in [-0.3, -0.25) is 0 Å². The summed E-state index contributed by atoms with van der Waals surface area (Å²) in [5.41, 5.74) is -0.128. The van der Waals surface area contributed by atoms with Crippen molar-refractivity contribution >= 4 is 11.7 Å². The Bertz CT molecular complexity index is 517. The third-order valence-corrected chi connectivity index (χ3v) is 3.26. The predicted octanol–water partition coefficient (Wildman–Crippen LogP) is 2.61. The molecule has 20 heavy (non-hydrogen) atoms. The number of β-amino-alcohol motifs (C(OH)–C–C–N with tert-alkyl or cyclic N) is 1. The van der Waals surface area contributed by atoms with E-state index in [1.165, 1.54) is 11.0 Å². The van der Waals surface area contributed by atoms with Crippen molar-refractivity contribution in [1.29, 1.82) is 0 Å². The molecule has 2 rings (SSSR count). The first-order chi connectivity index (χ1) is 9.27. The van der Waals surface area contributed by atoms with Gasteiger partial charge >= 0.3 is 12.2 Å². The van der Waals surface area contributed by atoms with Gasteiger partial charge < -0.3 is 15.3 Å². The van der Waals surface area contributed by atoms with Gasteiger partial charge in [0.05, 0.1) is 11.7 Å². The molecule has 0 bridgehead atoms. The molecule has 1 atom stereocenters. The quantitative estimate of drug-likeness (QED) is 0.834. The van der Waals surface area contributed by atoms with Crippen LogP contribution in [0.4, 0.5) is 23.7 Å². The number of halogens is 3. The Kier molecular flexibility index (Phi) is 3.89. The zero-order chi connectivity index (χ0) is 14.9. The molecule has 0 saturated carbocycles. The Morgan fingerprint density at radius 1 is 1.45 bits per heavy atom. The number of amides is 2. The molecule has 0 unspecified atom stereocenters. The first-order valence-electron chi connectivity index (χ1n) is 6.19. The van der Waals surface area contributed by atoms with Gasteiger partial charge in [-0.25, -0.2) is 4.79 Å². The van der Waals surface area contributed by atoms with Crippen LogP contribution < -0.4 is 5.32 Å². The number of anilines is 1. The topological polar surface area (TPSA) is 52.6 Å². The smallest absolute Gasteiger partial charge is 0.391 e. The molecule has 1 aromatic carbocycles. The number of urea groups is 1. The standard InChI is InChI=1S/C13H15F3N2O2/c1-8-2-3-9(13(14,15)16)6-11(8)17-12(20)18-5-4-10(19)7-18/h2-3,6,10,19H,4-5,7H2,1H3,(H,17,20)/t10-/m0/s1. The lowest BCUT2D eigenvalue weighted by molar-refractivity contribution is -0.137. The van der Waals surface area contributed by atoms with Crippen molar-refractivity contribution in [3.05, 3.63) is 29.3 Å². The summed E-state index contributed by atoms with van der Waals surface area (Å²) in [5.74, 6) is 0. The monoisotopic (exact) mass is 288 g/mol. The van der Waals surface area contributed by atoms with Gasteiger partial charge in [-0.2, -0.15) is 13.2 Å². The average molecular weight is 288 g/mol. The Morgan fingerprint density at radius 2 is 2.15 bits per heavy atom. The molecule has 1 saturated heterocycles. The molecule has 1 aromatic rings. The number of likely N-dealkylation sites (tertiary alicyclic amines) is 1. The Morgan fingerprint density at radius 3 is 2.70 bits per heavy atom. The number of hydrogen-bond donors (Lipinski definition) is 2. The van der Waals surface area contributed by atoms with Crippen LogP contribution in [0.25, 0.3) is 0 Å². The molecule has 1 heterocycles. The minimum Gasteiger partial charge on any atom is -0.391 e. The Balaban J connectivity index is 2.14. The largest absolute Gasteiger partial charge is 0.416 e. The first kappa shape index (κ1) is 14.6. The van der Waals surface area contributed by atoms with Crippen LogP contribution in [-0.2, 0) is 6.18 Å². The highest BCUT2D eigenvalue weighted by atomic mass is 19.4. The number of aliphatic hydroxyl groups is 1. The molecule has 0 radical (unpaired) electrons. The van der Waals surface area contributed by atoms with Crippen molar-refractivity contribution in [2.45, 2.75) is 25.6 Å². The predicted molar refractivity (Wildman–Crippen MR) is 67.4 cm³/mol. The number of nitrogens with zero attached hydrogens (tertiary/aromatic N) is 1. The maximum absolute atomic E-state index is 12.6. The Labute approximate surface area is 114 Å². The molecule has 2 amide bonds. The van der Waals surface area contributed by atoms with Crippen molar-refractivity contribution in [2.24, 2.45) is 0 Å². The van der Waals surface area contributed by atoms with Crippen LogP contribution in [0.15, 0.2) is 18.2 Å². The second-order valence-corrected chi connectivity index (χ2v) is 4.85. The van der Waals surface area contributed by atoms with Crippen LogP contribution >= 0.6 is 0 Å². The van der Waals surface area contributed by atoms with E-state index in [1.54, 1.807) is 6.92 Å². The SMILES string of the molecule is Cc1ccc(C(F)(F)F)cc1NC(=O)N1CC[C@H](O)C1. The van der Waals surface area contributed by atoms with E-state index in [-0.39, 0.29) is 12.2 Å². The van der Waals surface area contributed by atoms with Gasteiger partial charge in [0, 0.05) is 18.8 Å². The zero-order valence-corrected chi connectivity index (χ0v) is 10.9. The average Bonchev–Trinajstić information content (AvgIpc) is 2.77. The Hall–Kier alpha value is -1.76.